The third kappa shape index (κ3) is 5.85. The maximum atomic E-state index is 5.48. The Morgan fingerprint density at radius 3 is 2.50 bits per heavy atom. The van der Waals surface area contributed by atoms with Gasteiger partial charge in [0.15, 0.2) is 17.5 Å². The van der Waals surface area contributed by atoms with Crippen molar-refractivity contribution in [3.05, 3.63) is 18.2 Å². The summed E-state index contributed by atoms with van der Waals surface area (Å²) in [6.07, 6.45) is 0. The molecule has 0 radical (unpaired) electrons. The molecule has 20 heavy (non-hydrogen) atoms. The monoisotopic (exact) mass is 393 g/mol. The lowest BCUT2D eigenvalue weighted by molar-refractivity contribution is 0.311. The van der Waals surface area contributed by atoms with E-state index in [0.717, 1.165) is 30.5 Å². The lowest BCUT2D eigenvalue weighted by Gasteiger charge is -2.14. The minimum absolute atomic E-state index is 0. The van der Waals surface area contributed by atoms with Crippen molar-refractivity contribution in [2.45, 2.75) is 20.8 Å². The van der Waals surface area contributed by atoms with Gasteiger partial charge in [-0.1, -0.05) is 0 Å². The molecule has 6 heteroatoms. The van der Waals surface area contributed by atoms with Crippen molar-refractivity contribution in [3.8, 4) is 11.5 Å². The molecule has 0 bridgehead atoms. The topological polar surface area (TPSA) is 54.9 Å². The molecule has 0 aliphatic rings. The van der Waals surface area contributed by atoms with Crippen molar-refractivity contribution >= 4 is 35.6 Å². The van der Waals surface area contributed by atoms with Gasteiger partial charge in [-0.15, -0.1) is 24.0 Å². The summed E-state index contributed by atoms with van der Waals surface area (Å²) in [4.78, 5) is 4.35. The summed E-state index contributed by atoms with van der Waals surface area (Å²) in [5, 5.41) is 6.40. The molecule has 1 rings (SSSR count). The standard InChI is InChI=1S/C14H23N3O2.HI/c1-5-15-14(16-6-2)17-11-8-9-12(19-7-3)13(10-11)18-4;/h8-10H,5-7H2,1-4H3,(H2,15,16,17);1H. The van der Waals surface area contributed by atoms with Crippen LogP contribution in [-0.2, 0) is 0 Å². The zero-order valence-electron chi connectivity index (χ0n) is 12.5. The van der Waals surface area contributed by atoms with Crippen molar-refractivity contribution in [1.82, 2.24) is 5.32 Å². The van der Waals surface area contributed by atoms with E-state index in [1.807, 2.05) is 39.0 Å². The number of halogens is 1. The highest BCUT2D eigenvalue weighted by molar-refractivity contribution is 14.0. The fourth-order valence-electron chi connectivity index (χ4n) is 1.62. The first-order valence-corrected chi connectivity index (χ1v) is 6.61. The number of nitrogens with zero attached hydrogens (tertiary/aromatic N) is 1. The van der Waals surface area contributed by atoms with Crippen LogP contribution in [0.5, 0.6) is 11.5 Å². The molecule has 0 fully saturated rings. The van der Waals surface area contributed by atoms with E-state index in [-0.39, 0.29) is 24.0 Å². The van der Waals surface area contributed by atoms with Gasteiger partial charge in [-0.05, 0) is 32.9 Å². The van der Waals surface area contributed by atoms with E-state index in [4.69, 9.17) is 9.47 Å². The van der Waals surface area contributed by atoms with Crippen molar-refractivity contribution in [1.29, 1.82) is 0 Å². The van der Waals surface area contributed by atoms with Gasteiger partial charge in [0.05, 0.1) is 13.7 Å². The number of aliphatic imine (C=N–C) groups is 1. The third-order valence-corrected chi connectivity index (χ3v) is 2.39. The van der Waals surface area contributed by atoms with Crippen LogP contribution in [0.15, 0.2) is 23.2 Å². The summed E-state index contributed by atoms with van der Waals surface area (Å²) in [5.41, 5.74) is 0.911. The predicted molar refractivity (Wildman–Crippen MR) is 94.9 cm³/mol. The molecule has 0 heterocycles. The molecule has 0 aliphatic carbocycles. The molecule has 1 aromatic rings. The molecule has 1 aromatic carbocycles. The summed E-state index contributed by atoms with van der Waals surface area (Å²) in [6, 6.07) is 5.73. The quantitative estimate of drug-likeness (QED) is 0.443. The molecular formula is C14H24IN3O2. The molecular weight excluding hydrogens is 369 g/mol. The molecule has 0 unspecified atom stereocenters. The first kappa shape index (κ1) is 18.8. The molecule has 0 aromatic heterocycles. The number of methoxy groups -OCH3 is 1. The predicted octanol–water partition coefficient (Wildman–Crippen LogP) is 3.11. The first-order valence-electron chi connectivity index (χ1n) is 6.61. The van der Waals surface area contributed by atoms with Crippen LogP contribution in [0.4, 0.5) is 5.69 Å². The number of guanidine groups is 1. The minimum Gasteiger partial charge on any atom is -0.493 e. The van der Waals surface area contributed by atoms with E-state index in [1.54, 1.807) is 7.11 Å². The van der Waals surface area contributed by atoms with Gasteiger partial charge in [-0.2, -0.15) is 0 Å². The van der Waals surface area contributed by atoms with Crippen LogP contribution in [0, 0.1) is 0 Å². The number of hydrogen-bond acceptors (Lipinski definition) is 3. The largest absolute Gasteiger partial charge is 0.493 e. The Morgan fingerprint density at radius 1 is 1.20 bits per heavy atom. The maximum absolute atomic E-state index is 5.48. The lowest BCUT2D eigenvalue weighted by Crippen LogP contribution is -2.30. The van der Waals surface area contributed by atoms with Crippen molar-refractivity contribution in [2.24, 2.45) is 4.99 Å². The van der Waals surface area contributed by atoms with E-state index in [9.17, 15) is 0 Å². The number of anilines is 1. The van der Waals surface area contributed by atoms with Crippen molar-refractivity contribution < 1.29 is 9.47 Å². The molecule has 0 saturated carbocycles. The zero-order valence-corrected chi connectivity index (χ0v) is 14.9. The summed E-state index contributed by atoms with van der Waals surface area (Å²) in [7, 11) is 1.63. The van der Waals surface area contributed by atoms with Crippen molar-refractivity contribution in [2.75, 3.05) is 32.1 Å². The van der Waals surface area contributed by atoms with E-state index in [2.05, 4.69) is 15.6 Å². The average molecular weight is 393 g/mol. The second-order valence-electron chi connectivity index (χ2n) is 3.78. The zero-order chi connectivity index (χ0) is 14.1. The highest BCUT2D eigenvalue weighted by atomic mass is 127. The van der Waals surface area contributed by atoms with Gasteiger partial charge in [0.1, 0.15) is 0 Å². The van der Waals surface area contributed by atoms with Gasteiger partial charge in [-0.25, -0.2) is 0 Å². The highest BCUT2D eigenvalue weighted by Crippen LogP contribution is 2.30. The van der Waals surface area contributed by atoms with E-state index >= 15 is 0 Å². The lowest BCUT2D eigenvalue weighted by atomic mass is 10.2. The summed E-state index contributed by atoms with van der Waals surface area (Å²) in [6.45, 7) is 8.14. The molecule has 0 amide bonds. The number of rotatable bonds is 6. The Kier molecular flexibility index (Phi) is 9.96. The molecule has 0 atom stereocenters. The Labute approximate surface area is 138 Å². The summed E-state index contributed by atoms with van der Waals surface area (Å²) >= 11 is 0. The average Bonchev–Trinajstić information content (AvgIpc) is 2.41. The number of ether oxygens (including phenoxy) is 2. The van der Waals surface area contributed by atoms with Crippen LogP contribution >= 0.6 is 24.0 Å². The van der Waals surface area contributed by atoms with Crippen LogP contribution in [-0.4, -0.2) is 32.8 Å². The fourth-order valence-corrected chi connectivity index (χ4v) is 1.62. The second-order valence-corrected chi connectivity index (χ2v) is 3.78. The Morgan fingerprint density at radius 2 is 1.95 bits per heavy atom. The van der Waals surface area contributed by atoms with Crippen LogP contribution in [0.25, 0.3) is 0 Å². The highest BCUT2D eigenvalue weighted by Gasteiger charge is 2.06. The molecule has 2 N–H and O–H groups in total. The Bertz CT molecular complexity index is 425. The van der Waals surface area contributed by atoms with Gasteiger partial charge in [0, 0.05) is 24.8 Å². The third-order valence-electron chi connectivity index (χ3n) is 2.39. The van der Waals surface area contributed by atoms with E-state index < -0.39 is 0 Å². The summed E-state index contributed by atoms with van der Waals surface area (Å²) < 4.78 is 10.8. The van der Waals surface area contributed by atoms with E-state index in [1.165, 1.54) is 0 Å². The first-order chi connectivity index (χ1) is 9.24. The van der Waals surface area contributed by atoms with Crippen molar-refractivity contribution in [3.63, 3.8) is 0 Å². The van der Waals surface area contributed by atoms with Gasteiger partial charge < -0.3 is 20.1 Å². The molecule has 114 valence electrons. The summed E-state index contributed by atoms with van der Waals surface area (Å²) in [5.74, 6) is 2.21. The minimum atomic E-state index is 0. The van der Waals surface area contributed by atoms with Crippen LogP contribution < -0.4 is 20.1 Å². The van der Waals surface area contributed by atoms with E-state index in [0.29, 0.717) is 12.4 Å². The number of benzene rings is 1. The van der Waals surface area contributed by atoms with Crippen LogP contribution in [0.1, 0.15) is 20.8 Å². The van der Waals surface area contributed by atoms with Gasteiger partial charge in [0.2, 0.25) is 0 Å². The van der Waals surface area contributed by atoms with Crippen LogP contribution in [0.3, 0.4) is 0 Å². The SMILES string of the molecule is CCN=C(NCC)Nc1ccc(OCC)c(OC)c1.I. The molecule has 5 nitrogen and oxygen atoms in total. The maximum Gasteiger partial charge on any atom is 0.195 e. The molecule has 0 saturated heterocycles. The number of nitrogens with one attached hydrogen (secondary N) is 2. The second kappa shape index (κ2) is 10.6. The van der Waals surface area contributed by atoms with Gasteiger partial charge >= 0.3 is 0 Å². The van der Waals surface area contributed by atoms with Gasteiger partial charge in [-0.3, -0.25) is 4.99 Å². The Hall–Kier alpha value is -1.18. The smallest absolute Gasteiger partial charge is 0.195 e. The molecule has 0 spiro atoms. The number of hydrogen-bond donors (Lipinski definition) is 2. The van der Waals surface area contributed by atoms with Gasteiger partial charge in [0.25, 0.3) is 0 Å². The fraction of sp³-hybridized carbons (Fsp3) is 0.500. The Balaban J connectivity index is 0.00000361. The van der Waals surface area contributed by atoms with Crippen LogP contribution in [0.2, 0.25) is 0 Å². The molecule has 0 aliphatic heterocycles. The normalized spacial score (nSPS) is 10.5.